The zero-order chi connectivity index (χ0) is 10.4. The Morgan fingerprint density at radius 2 is 1.93 bits per heavy atom. The highest BCUT2D eigenvalue weighted by Gasteiger charge is 2.02. The minimum absolute atomic E-state index is 0.135. The van der Waals surface area contributed by atoms with Crippen LogP contribution in [0, 0.1) is 6.92 Å². The van der Waals surface area contributed by atoms with Crippen LogP contribution < -0.4 is 0 Å². The number of hydrogen-bond donors (Lipinski definition) is 0. The first kappa shape index (κ1) is 10.9. The SMILES string of the molecule is CCOCC(=O)Cc1ccc(C)cc1. The van der Waals surface area contributed by atoms with E-state index in [1.165, 1.54) is 5.56 Å². The van der Waals surface area contributed by atoms with Crippen LogP contribution in [0.3, 0.4) is 0 Å². The van der Waals surface area contributed by atoms with E-state index in [9.17, 15) is 4.79 Å². The van der Waals surface area contributed by atoms with Crippen LogP contribution in [0.4, 0.5) is 0 Å². The lowest BCUT2D eigenvalue weighted by atomic mass is 10.1. The van der Waals surface area contributed by atoms with Crippen LogP contribution in [0.1, 0.15) is 18.1 Å². The highest BCUT2D eigenvalue weighted by molar-refractivity contribution is 5.82. The van der Waals surface area contributed by atoms with Crippen LogP contribution in [0.5, 0.6) is 0 Å². The number of benzene rings is 1. The summed E-state index contributed by atoms with van der Waals surface area (Å²) in [6.45, 7) is 4.75. The third kappa shape index (κ3) is 3.71. The zero-order valence-corrected chi connectivity index (χ0v) is 8.75. The van der Waals surface area contributed by atoms with Crippen LogP contribution in [-0.2, 0) is 16.0 Å². The fraction of sp³-hybridized carbons (Fsp3) is 0.417. The van der Waals surface area contributed by atoms with Gasteiger partial charge in [0.1, 0.15) is 6.61 Å². The van der Waals surface area contributed by atoms with E-state index in [1.54, 1.807) is 0 Å². The van der Waals surface area contributed by atoms with Crippen LogP contribution >= 0.6 is 0 Å². The van der Waals surface area contributed by atoms with Gasteiger partial charge in [-0.3, -0.25) is 4.79 Å². The van der Waals surface area contributed by atoms with Crippen molar-refractivity contribution < 1.29 is 9.53 Å². The lowest BCUT2D eigenvalue weighted by Gasteiger charge is -2.01. The van der Waals surface area contributed by atoms with Crippen molar-refractivity contribution >= 4 is 5.78 Å². The summed E-state index contributed by atoms with van der Waals surface area (Å²) in [5, 5.41) is 0. The minimum Gasteiger partial charge on any atom is -0.374 e. The molecule has 76 valence electrons. The molecule has 2 nitrogen and oxygen atoms in total. The number of hydrogen-bond acceptors (Lipinski definition) is 2. The first-order valence-electron chi connectivity index (χ1n) is 4.87. The summed E-state index contributed by atoms with van der Waals surface area (Å²) in [4.78, 5) is 11.3. The molecule has 0 amide bonds. The Bertz CT molecular complexity index is 288. The quantitative estimate of drug-likeness (QED) is 0.714. The van der Waals surface area contributed by atoms with Gasteiger partial charge in [0.2, 0.25) is 0 Å². The molecule has 0 heterocycles. The number of aryl methyl sites for hydroxylation is 1. The van der Waals surface area contributed by atoms with Gasteiger partial charge in [0.05, 0.1) is 0 Å². The van der Waals surface area contributed by atoms with E-state index in [1.807, 2.05) is 38.1 Å². The van der Waals surface area contributed by atoms with Crippen molar-refractivity contribution in [2.24, 2.45) is 0 Å². The van der Waals surface area contributed by atoms with E-state index in [-0.39, 0.29) is 12.4 Å². The van der Waals surface area contributed by atoms with E-state index < -0.39 is 0 Å². The Balaban J connectivity index is 2.44. The second-order valence-electron chi connectivity index (χ2n) is 3.34. The van der Waals surface area contributed by atoms with Crippen LogP contribution in [-0.4, -0.2) is 19.0 Å². The molecule has 0 unspecified atom stereocenters. The van der Waals surface area contributed by atoms with Crippen molar-refractivity contribution in [1.29, 1.82) is 0 Å². The third-order valence-corrected chi connectivity index (χ3v) is 1.99. The second kappa shape index (κ2) is 5.55. The number of carbonyl (C=O) groups excluding carboxylic acids is 1. The summed E-state index contributed by atoms with van der Waals surface area (Å²) in [7, 11) is 0. The molecule has 0 radical (unpaired) electrons. The van der Waals surface area contributed by atoms with Crippen molar-refractivity contribution in [2.45, 2.75) is 20.3 Å². The molecule has 0 aliphatic rings. The number of ketones is 1. The predicted octanol–water partition coefficient (Wildman–Crippen LogP) is 2.14. The normalized spacial score (nSPS) is 10.1. The average molecular weight is 192 g/mol. The van der Waals surface area contributed by atoms with Crippen molar-refractivity contribution in [2.75, 3.05) is 13.2 Å². The molecule has 0 aliphatic heterocycles. The fourth-order valence-corrected chi connectivity index (χ4v) is 1.20. The van der Waals surface area contributed by atoms with Gasteiger partial charge in [0.25, 0.3) is 0 Å². The molecule has 0 aromatic heterocycles. The molecular weight excluding hydrogens is 176 g/mol. The number of ether oxygens (including phenoxy) is 1. The number of carbonyl (C=O) groups is 1. The van der Waals surface area contributed by atoms with Crippen molar-refractivity contribution in [1.82, 2.24) is 0 Å². The molecule has 1 rings (SSSR count). The molecular formula is C12H16O2. The topological polar surface area (TPSA) is 26.3 Å². The molecule has 0 N–H and O–H groups in total. The molecule has 1 aromatic carbocycles. The van der Waals surface area contributed by atoms with E-state index in [0.29, 0.717) is 13.0 Å². The van der Waals surface area contributed by atoms with Crippen LogP contribution in [0.2, 0.25) is 0 Å². The summed E-state index contributed by atoms with van der Waals surface area (Å²) in [6, 6.07) is 8.00. The van der Waals surface area contributed by atoms with Crippen molar-refractivity contribution in [3.63, 3.8) is 0 Å². The molecule has 1 aromatic rings. The van der Waals surface area contributed by atoms with Crippen LogP contribution in [0.15, 0.2) is 24.3 Å². The number of Topliss-reactive ketones (excluding diaryl/α,β-unsaturated/α-hetero) is 1. The third-order valence-electron chi connectivity index (χ3n) is 1.99. The maximum absolute atomic E-state index is 11.3. The van der Waals surface area contributed by atoms with Gasteiger partial charge in [-0.25, -0.2) is 0 Å². The Labute approximate surface area is 84.9 Å². The minimum atomic E-state index is 0.135. The van der Waals surface area contributed by atoms with Gasteiger partial charge < -0.3 is 4.74 Å². The van der Waals surface area contributed by atoms with Crippen molar-refractivity contribution in [3.05, 3.63) is 35.4 Å². The Morgan fingerprint density at radius 3 is 2.50 bits per heavy atom. The summed E-state index contributed by atoms with van der Waals surface area (Å²) in [6.07, 6.45) is 0.472. The lowest BCUT2D eigenvalue weighted by molar-refractivity contribution is -0.122. The molecule has 2 heteroatoms. The average Bonchev–Trinajstić information content (AvgIpc) is 2.18. The first-order chi connectivity index (χ1) is 6.72. The Hall–Kier alpha value is -1.15. The van der Waals surface area contributed by atoms with E-state index in [4.69, 9.17) is 4.74 Å². The molecule has 0 fully saturated rings. The van der Waals surface area contributed by atoms with E-state index in [0.717, 1.165) is 5.56 Å². The van der Waals surface area contributed by atoms with Gasteiger partial charge in [-0.05, 0) is 19.4 Å². The summed E-state index contributed by atoms with van der Waals surface area (Å²) in [5.41, 5.74) is 2.27. The smallest absolute Gasteiger partial charge is 0.162 e. The highest BCUT2D eigenvalue weighted by Crippen LogP contribution is 2.04. The summed E-state index contributed by atoms with van der Waals surface area (Å²) in [5.74, 6) is 0.135. The van der Waals surface area contributed by atoms with Crippen molar-refractivity contribution in [3.8, 4) is 0 Å². The largest absolute Gasteiger partial charge is 0.374 e. The summed E-state index contributed by atoms with van der Waals surface area (Å²) < 4.78 is 5.04. The number of rotatable bonds is 5. The maximum atomic E-state index is 11.3. The van der Waals surface area contributed by atoms with Crippen LogP contribution in [0.25, 0.3) is 0 Å². The lowest BCUT2D eigenvalue weighted by Crippen LogP contribution is -2.11. The maximum Gasteiger partial charge on any atom is 0.162 e. The molecule has 0 aliphatic carbocycles. The standard InChI is InChI=1S/C12H16O2/c1-3-14-9-12(13)8-11-6-4-10(2)5-7-11/h4-7H,3,8-9H2,1-2H3. The first-order valence-corrected chi connectivity index (χ1v) is 4.87. The molecule has 0 saturated carbocycles. The molecule has 0 saturated heterocycles. The fourth-order valence-electron chi connectivity index (χ4n) is 1.20. The Morgan fingerprint density at radius 1 is 1.29 bits per heavy atom. The molecule has 0 bridgehead atoms. The van der Waals surface area contributed by atoms with Gasteiger partial charge in [-0.15, -0.1) is 0 Å². The van der Waals surface area contributed by atoms with Gasteiger partial charge >= 0.3 is 0 Å². The van der Waals surface area contributed by atoms with Gasteiger partial charge in [-0.2, -0.15) is 0 Å². The summed E-state index contributed by atoms with van der Waals surface area (Å²) >= 11 is 0. The monoisotopic (exact) mass is 192 g/mol. The zero-order valence-electron chi connectivity index (χ0n) is 8.75. The molecule has 14 heavy (non-hydrogen) atoms. The molecule has 0 spiro atoms. The van der Waals surface area contributed by atoms with Gasteiger partial charge in [0.15, 0.2) is 5.78 Å². The van der Waals surface area contributed by atoms with Gasteiger partial charge in [-0.1, -0.05) is 29.8 Å². The van der Waals surface area contributed by atoms with E-state index in [2.05, 4.69) is 0 Å². The Kier molecular flexibility index (Phi) is 4.33. The van der Waals surface area contributed by atoms with Gasteiger partial charge in [0, 0.05) is 13.0 Å². The van der Waals surface area contributed by atoms with E-state index >= 15 is 0 Å². The second-order valence-corrected chi connectivity index (χ2v) is 3.34. The highest BCUT2D eigenvalue weighted by atomic mass is 16.5. The molecule has 0 atom stereocenters. The predicted molar refractivity (Wildman–Crippen MR) is 56.4 cm³/mol.